The van der Waals surface area contributed by atoms with Crippen LogP contribution in [0.5, 0.6) is 0 Å². The SMILES string of the molecule is C[Si](C)(C)OC1C/C=C\CCCC1. The van der Waals surface area contributed by atoms with Crippen molar-refractivity contribution in [2.45, 2.75) is 57.8 Å². The third-order valence-electron chi connectivity index (χ3n) is 2.23. The fourth-order valence-corrected chi connectivity index (χ4v) is 2.94. The summed E-state index contributed by atoms with van der Waals surface area (Å²) in [5.74, 6) is 0. The maximum Gasteiger partial charge on any atom is 0.184 e. The van der Waals surface area contributed by atoms with Crippen LogP contribution in [0, 0.1) is 0 Å². The van der Waals surface area contributed by atoms with Gasteiger partial charge in [0.2, 0.25) is 0 Å². The maximum atomic E-state index is 6.10. The van der Waals surface area contributed by atoms with Crippen LogP contribution in [0.1, 0.15) is 32.1 Å². The van der Waals surface area contributed by atoms with Crippen molar-refractivity contribution in [3.63, 3.8) is 0 Å². The molecule has 0 aromatic heterocycles. The fourth-order valence-electron chi connectivity index (χ4n) is 1.72. The predicted molar refractivity (Wildman–Crippen MR) is 60.4 cm³/mol. The van der Waals surface area contributed by atoms with Gasteiger partial charge < -0.3 is 4.43 Å². The Morgan fingerprint density at radius 1 is 1.15 bits per heavy atom. The summed E-state index contributed by atoms with van der Waals surface area (Å²) in [4.78, 5) is 0. The van der Waals surface area contributed by atoms with Gasteiger partial charge in [0.25, 0.3) is 0 Å². The zero-order chi connectivity index (χ0) is 9.73. The molecule has 1 atom stereocenters. The molecule has 0 spiro atoms. The molecule has 0 amide bonds. The molecule has 1 aliphatic carbocycles. The number of hydrogen-bond donors (Lipinski definition) is 0. The summed E-state index contributed by atoms with van der Waals surface area (Å²) in [6, 6.07) is 0. The standard InChI is InChI=1S/C11H22OSi/c1-13(2,3)12-11-9-7-5-4-6-8-10-11/h5,7,11H,4,6,8-10H2,1-3H3/b7-5-. The Hall–Kier alpha value is -0.0831. The average Bonchev–Trinajstić information content (AvgIpc) is 1.92. The van der Waals surface area contributed by atoms with Gasteiger partial charge in [-0.2, -0.15) is 0 Å². The highest BCUT2D eigenvalue weighted by atomic mass is 28.4. The highest BCUT2D eigenvalue weighted by molar-refractivity contribution is 6.69. The number of hydrogen-bond acceptors (Lipinski definition) is 1. The minimum Gasteiger partial charge on any atom is -0.414 e. The highest BCUT2D eigenvalue weighted by Gasteiger charge is 2.20. The Morgan fingerprint density at radius 2 is 1.92 bits per heavy atom. The van der Waals surface area contributed by atoms with Crippen LogP contribution in [0.4, 0.5) is 0 Å². The van der Waals surface area contributed by atoms with E-state index in [4.69, 9.17) is 4.43 Å². The first-order valence-corrected chi connectivity index (χ1v) is 8.81. The van der Waals surface area contributed by atoms with E-state index in [1.807, 2.05) is 0 Å². The normalized spacial score (nSPS) is 27.8. The van der Waals surface area contributed by atoms with Crippen molar-refractivity contribution in [2.75, 3.05) is 0 Å². The van der Waals surface area contributed by atoms with Gasteiger partial charge in [-0.05, 0) is 45.3 Å². The smallest absolute Gasteiger partial charge is 0.184 e. The Morgan fingerprint density at radius 3 is 2.62 bits per heavy atom. The third kappa shape index (κ3) is 5.27. The number of allylic oxidation sites excluding steroid dienone is 1. The monoisotopic (exact) mass is 198 g/mol. The lowest BCUT2D eigenvalue weighted by Gasteiger charge is -2.26. The van der Waals surface area contributed by atoms with Crippen LogP contribution in [0.2, 0.25) is 19.6 Å². The van der Waals surface area contributed by atoms with Crippen LogP contribution in [0.3, 0.4) is 0 Å². The molecule has 1 rings (SSSR count). The zero-order valence-corrected chi connectivity index (χ0v) is 10.2. The molecule has 0 saturated carbocycles. The molecule has 0 aromatic carbocycles. The highest BCUT2D eigenvalue weighted by Crippen LogP contribution is 2.18. The van der Waals surface area contributed by atoms with Gasteiger partial charge in [0.1, 0.15) is 0 Å². The summed E-state index contributed by atoms with van der Waals surface area (Å²) in [6.07, 6.45) is 11.4. The van der Waals surface area contributed by atoms with Crippen LogP contribution in [-0.2, 0) is 4.43 Å². The largest absolute Gasteiger partial charge is 0.414 e. The minimum atomic E-state index is -1.32. The second-order valence-electron chi connectivity index (χ2n) is 4.84. The molecule has 0 radical (unpaired) electrons. The Balaban J connectivity index is 2.38. The molecular weight excluding hydrogens is 176 g/mol. The molecule has 76 valence electrons. The molecule has 0 aromatic rings. The molecule has 1 aliphatic rings. The van der Waals surface area contributed by atoms with E-state index >= 15 is 0 Å². The Labute approximate surface area is 83.3 Å². The van der Waals surface area contributed by atoms with Gasteiger partial charge in [0.05, 0.1) is 0 Å². The van der Waals surface area contributed by atoms with Gasteiger partial charge in [-0.15, -0.1) is 0 Å². The maximum absolute atomic E-state index is 6.10. The van der Waals surface area contributed by atoms with Crippen LogP contribution in [-0.4, -0.2) is 14.4 Å². The first-order valence-electron chi connectivity index (χ1n) is 5.41. The van der Waals surface area contributed by atoms with E-state index in [0.29, 0.717) is 6.10 Å². The van der Waals surface area contributed by atoms with Gasteiger partial charge in [0, 0.05) is 6.10 Å². The van der Waals surface area contributed by atoms with E-state index in [1.54, 1.807) is 0 Å². The van der Waals surface area contributed by atoms with Gasteiger partial charge in [-0.1, -0.05) is 18.6 Å². The number of rotatable bonds is 2. The summed E-state index contributed by atoms with van der Waals surface area (Å²) in [6.45, 7) is 6.82. The van der Waals surface area contributed by atoms with Gasteiger partial charge in [-0.3, -0.25) is 0 Å². The van der Waals surface area contributed by atoms with E-state index < -0.39 is 8.32 Å². The van der Waals surface area contributed by atoms with Crippen molar-refractivity contribution in [1.82, 2.24) is 0 Å². The molecule has 13 heavy (non-hydrogen) atoms. The van der Waals surface area contributed by atoms with Gasteiger partial charge in [0.15, 0.2) is 8.32 Å². The molecule has 0 aliphatic heterocycles. The molecule has 0 saturated heterocycles. The van der Waals surface area contributed by atoms with E-state index in [2.05, 4.69) is 31.8 Å². The lowest BCUT2D eigenvalue weighted by molar-refractivity contribution is 0.181. The topological polar surface area (TPSA) is 9.23 Å². The second kappa shape index (κ2) is 4.96. The molecule has 1 nitrogen and oxygen atoms in total. The van der Waals surface area contributed by atoms with E-state index in [1.165, 1.54) is 25.7 Å². The van der Waals surface area contributed by atoms with Crippen molar-refractivity contribution in [3.05, 3.63) is 12.2 Å². The second-order valence-corrected chi connectivity index (χ2v) is 9.30. The van der Waals surface area contributed by atoms with Crippen LogP contribution in [0.25, 0.3) is 0 Å². The van der Waals surface area contributed by atoms with Crippen LogP contribution < -0.4 is 0 Å². The first-order chi connectivity index (χ1) is 6.08. The van der Waals surface area contributed by atoms with E-state index in [-0.39, 0.29) is 0 Å². The third-order valence-corrected chi connectivity index (χ3v) is 3.27. The molecule has 1 unspecified atom stereocenters. The Kier molecular flexibility index (Phi) is 4.20. The molecule has 0 heterocycles. The summed E-state index contributed by atoms with van der Waals surface area (Å²) >= 11 is 0. The minimum absolute atomic E-state index is 0.503. The lowest BCUT2D eigenvalue weighted by atomic mass is 10.0. The van der Waals surface area contributed by atoms with Crippen molar-refractivity contribution >= 4 is 8.32 Å². The van der Waals surface area contributed by atoms with Gasteiger partial charge >= 0.3 is 0 Å². The first kappa shape index (κ1) is 11.0. The molecule has 0 fully saturated rings. The van der Waals surface area contributed by atoms with Crippen molar-refractivity contribution in [3.8, 4) is 0 Å². The summed E-state index contributed by atoms with van der Waals surface area (Å²) in [7, 11) is -1.32. The van der Waals surface area contributed by atoms with Crippen molar-refractivity contribution in [2.24, 2.45) is 0 Å². The zero-order valence-electron chi connectivity index (χ0n) is 9.18. The Bertz CT molecular complexity index is 169. The molecule has 0 N–H and O–H groups in total. The van der Waals surface area contributed by atoms with Crippen LogP contribution >= 0.6 is 0 Å². The fraction of sp³-hybridized carbons (Fsp3) is 0.818. The summed E-state index contributed by atoms with van der Waals surface area (Å²) < 4.78 is 6.10. The summed E-state index contributed by atoms with van der Waals surface area (Å²) in [5.41, 5.74) is 0. The van der Waals surface area contributed by atoms with E-state index in [0.717, 1.165) is 6.42 Å². The summed E-state index contributed by atoms with van der Waals surface area (Å²) in [5, 5.41) is 0. The average molecular weight is 198 g/mol. The van der Waals surface area contributed by atoms with Crippen molar-refractivity contribution < 1.29 is 4.43 Å². The van der Waals surface area contributed by atoms with E-state index in [9.17, 15) is 0 Å². The molecular formula is C11H22OSi. The molecule has 0 bridgehead atoms. The molecule has 2 heteroatoms. The van der Waals surface area contributed by atoms with Crippen molar-refractivity contribution in [1.29, 1.82) is 0 Å². The van der Waals surface area contributed by atoms with Gasteiger partial charge in [-0.25, -0.2) is 0 Å². The lowest BCUT2D eigenvalue weighted by Crippen LogP contribution is -2.32. The quantitative estimate of drug-likeness (QED) is 0.485. The predicted octanol–water partition coefficient (Wildman–Crippen LogP) is 3.73. The van der Waals surface area contributed by atoms with Crippen LogP contribution in [0.15, 0.2) is 12.2 Å².